The van der Waals surface area contributed by atoms with Crippen molar-refractivity contribution in [2.24, 2.45) is 0 Å². The molecular formula is C16H11Cl2N3S. The quantitative estimate of drug-likeness (QED) is 0.703. The molecule has 6 heteroatoms. The van der Waals surface area contributed by atoms with E-state index in [4.69, 9.17) is 28.0 Å². The van der Waals surface area contributed by atoms with E-state index in [1.807, 2.05) is 30.3 Å². The second kappa shape index (κ2) is 6.57. The Morgan fingerprint density at radius 2 is 1.59 bits per heavy atom. The fourth-order valence-electron chi connectivity index (χ4n) is 2.05. The van der Waals surface area contributed by atoms with E-state index in [-0.39, 0.29) is 0 Å². The van der Waals surface area contributed by atoms with Crippen LogP contribution in [0, 0.1) is 4.78 Å². The summed E-state index contributed by atoms with van der Waals surface area (Å²) >= 11 is 12.5. The predicted octanol–water partition coefficient (Wildman–Crippen LogP) is 5.25. The number of nitrogens with one attached hydrogen (secondary N) is 1. The fraction of sp³-hybridized carbons (Fsp3) is 0. The van der Waals surface area contributed by atoms with Crippen molar-refractivity contribution in [3.63, 3.8) is 0 Å². The summed E-state index contributed by atoms with van der Waals surface area (Å²) in [5.74, 6) is 0.516. The first-order valence-corrected chi connectivity index (χ1v) is 8.42. The Kier molecular flexibility index (Phi) is 4.52. The van der Waals surface area contributed by atoms with Crippen LogP contribution < -0.4 is 0 Å². The molecule has 0 aliphatic rings. The molecular weight excluding hydrogens is 337 g/mol. The number of hydrogen-bond acceptors (Lipinski definition) is 3. The SMILES string of the molecule is N=S(c1ccccc1)c1c(Cl)cc(Cl)cc1-c1ncccn1. The van der Waals surface area contributed by atoms with Gasteiger partial charge in [0, 0.05) is 27.9 Å². The van der Waals surface area contributed by atoms with Crippen molar-refractivity contribution in [3.05, 3.63) is 71.0 Å². The van der Waals surface area contributed by atoms with Crippen LogP contribution in [0.4, 0.5) is 0 Å². The fourth-order valence-corrected chi connectivity index (χ4v) is 4.06. The lowest BCUT2D eigenvalue weighted by Crippen LogP contribution is -1.98. The standard InChI is InChI=1S/C16H11Cl2N3S/c17-11-9-13(16-20-7-4-8-21-16)15(14(18)10-11)22(19)12-5-2-1-3-6-12/h1-10,19H. The summed E-state index contributed by atoms with van der Waals surface area (Å²) in [6.07, 6.45) is 3.32. The molecule has 1 N–H and O–H groups in total. The zero-order valence-electron chi connectivity index (χ0n) is 11.3. The molecule has 1 aromatic heterocycles. The summed E-state index contributed by atoms with van der Waals surface area (Å²) in [6.45, 7) is 0. The van der Waals surface area contributed by atoms with Crippen molar-refractivity contribution < 1.29 is 0 Å². The summed E-state index contributed by atoms with van der Waals surface area (Å²) in [5.41, 5.74) is 0.695. The second-order valence-electron chi connectivity index (χ2n) is 4.46. The van der Waals surface area contributed by atoms with Gasteiger partial charge in [-0.3, -0.25) is 4.78 Å². The third-order valence-corrected chi connectivity index (χ3v) is 5.22. The third-order valence-electron chi connectivity index (χ3n) is 3.00. The first-order chi connectivity index (χ1) is 10.7. The van der Waals surface area contributed by atoms with E-state index < -0.39 is 10.7 Å². The van der Waals surface area contributed by atoms with Gasteiger partial charge in [0.2, 0.25) is 0 Å². The Morgan fingerprint density at radius 1 is 0.909 bits per heavy atom. The van der Waals surface area contributed by atoms with Gasteiger partial charge in [0.25, 0.3) is 0 Å². The Balaban J connectivity index is 2.21. The van der Waals surface area contributed by atoms with Crippen LogP contribution in [0.5, 0.6) is 0 Å². The van der Waals surface area contributed by atoms with Crippen molar-refractivity contribution in [1.29, 1.82) is 4.78 Å². The molecule has 0 fully saturated rings. The molecule has 22 heavy (non-hydrogen) atoms. The average molecular weight is 348 g/mol. The maximum Gasteiger partial charge on any atom is 0.160 e. The minimum absolute atomic E-state index is 0.456. The number of aromatic nitrogens is 2. The van der Waals surface area contributed by atoms with Crippen LogP contribution in [0.2, 0.25) is 10.0 Å². The van der Waals surface area contributed by atoms with Crippen molar-refractivity contribution in [2.45, 2.75) is 9.79 Å². The van der Waals surface area contributed by atoms with Gasteiger partial charge in [0.15, 0.2) is 5.82 Å². The monoisotopic (exact) mass is 347 g/mol. The van der Waals surface area contributed by atoms with Gasteiger partial charge in [-0.25, -0.2) is 9.97 Å². The molecule has 3 nitrogen and oxygen atoms in total. The van der Waals surface area contributed by atoms with Crippen LogP contribution in [0.15, 0.2) is 70.7 Å². The Labute approximate surface area is 140 Å². The summed E-state index contributed by atoms with van der Waals surface area (Å²) in [6, 6.07) is 14.7. The number of hydrogen-bond donors (Lipinski definition) is 1. The van der Waals surface area contributed by atoms with E-state index in [2.05, 4.69) is 9.97 Å². The highest BCUT2D eigenvalue weighted by Gasteiger charge is 2.17. The number of rotatable bonds is 3. The maximum absolute atomic E-state index is 8.60. The lowest BCUT2D eigenvalue weighted by atomic mass is 10.2. The number of nitrogens with zero attached hydrogens (tertiary/aromatic N) is 2. The summed E-state index contributed by atoms with van der Waals surface area (Å²) in [7, 11) is -0.949. The minimum Gasteiger partial charge on any atom is -0.271 e. The van der Waals surface area contributed by atoms with Crippen LogP contribution in [0.25, 0.3) is 11.4 Å². The first kappa shape index (κ1) is 15.2. The van der Waals surface area contributed by atoms with Crippen LogP contribution in [0.1, 0.15) is 0 Å². The molecule has 0 aliphatic carbocycles. The summed E-state index contributed by atoms with van der Waals surface area (Å²) < 4.78 is 8.60. The molecule has 0 amide bonds. The van der Waals surface area contributed by atoms with Gasteiger partial charge in [-0.05, 0) is 41.0 Å². The molecule has 0 saturated heterocycles. The van der Waals surface area contributed by atoms with Gasteiger partial charge in [-0.1, -0.05) is 41.4 Å². The van der Waals surface area contributed by atoms with Gasteiger partial charge >= 0.3 is 0 Å². The molecule has 0 bridgehead atoms. The minimum atomic E-state index is -0.949. The highest BCUT2D eigenvalue weighted by molar-refractivity contribution is 7.86. The smallest absolute Gasteiger partial charge is 0.160 e. The average Bonchev–Trinajstić information content (AvgIpc) is 2.55. The number of benzene rings is 2. The van der Waals surface area contributed by atoms with Crippen LogP contribution in [-0.4, -0.2) is 9.97 Å². The van der Waals surface area contributed by atoms with Gasteiger partial charge in [0.1, 0.15) is 0 Å². The van der Waals surface area contributed by atoms with Crippen molar-refractivity contribution in [3.8, 4) is 11.4 Å². The molecule has 1 heterocycles. The molecule has 0 radical (unpaired) electrons. The highest BCUT2D eigenvalue weighted by atomic mass is 35.5. The van der Waals surface area contributed by atoms with Crippen molar-refractivity contribution in [2.75, 3.05) is 0 Å². The lowest BCUT2D eigenvalue weighted by molar-refractivity contribution is 1.16. The number of halogens is 2. The molecule has 3 rings (SSSR count). The zero-order chi connectivity index (χ0) is 15.5. The largest absolute Gasteiger partial charge is 0.271 e. The highest BCUT2D eigenvalue weighted by Crippen LogP contribution is 2.35. The Morgan fingerprint density at radius 3 is 2.27 bits per heavy atom. The predicted molar refractivity (Wildman–Crippen MR) is 90.5 cm³/mol. The normalized spacial score (nSPS) is 12.1. The summed E-state index contributed by atoms with van der Waals surface area (Å²) in [5, 5.41) is 0.957. The first-order valence-electron chi connectivity index (χ1n) is 6.44. The van der Waals surface area contributed by atoms with Gasteiger partial charge in [-0.15, -0.1) is 0 Å². The van der Waals surface area contributed by atoms with Gasteiger partial charge < -0.3 is 0 Å². The zero-order valence-corrected chi connectivity index (χ0v) is 13.7. The molecule has 1 unspecified atom stereocenters. The van der Waals surface area contributed by atoms with E-state index in [0.29, 0.717) is 26.3 Å². The molecule has 2 aromatic carbocycles. The van der Waals surface area contributed by atoms with E-state index >= 15 is 0 Å². The Bertz CT molecular complexity index is 824. The van der Waals surface area contributed by atoms with Crippen molar-refractivity contribution in [1.82, 2.24) is 9.97 Å². The molecule has 0 spiro atoms. The van der Waals surface area contributed by atoms with Crippen LogP contribution in [-0.2, 0) is 10.7 Å². The molecule has 1 atom stereocenters. The van der Waals surface area contributed by atoms with E-state index in [0.717, 1.165) is 4.90 Å². The summed E-state index contributed by atoms with van der Waals surface area (Å²) in [4.78, 5) is 10.1. The topological polar surface area (TPSA) is 49.6 Å². The van der Waals surface area contributed by atoms with Crippen molar-refractivity contribution >= 4 is 33.9 Å². The van der Waals surface area contributed by atoms with E-state index in [1.54, 1.807) is 30.6 Å². The molecule has 0 aliphatic heterocycles. The lowest BCUT2D eigenvalue weighted by Gasteiger charge is -2.13. The molecule has 0 saturated carbocycles. The Hall–Kier alpha value is -1.75. The van der Waals surface area contributed by atoms with Crippen LogP contribution in [0.3, 0.4) is 0 Å². The molecule has 3 aromatic rings. The second-order valence-corrected chi connectivity index (χ2v) is 6.79. The maximum atomic E-state index is 8.60. The molecule has 110 valence electrons. The van der Waals surface area contributed by atoms with E-state index in [9.17, 15) is 0 Å². The van der Waals surface area contributed by atoms with Gasteiger partial charge in [-0.2, -0.15) is 0 Å². The van der Waals surface area contributed by atoms with E-state index in [1.165, 1.54) is 0 Å². The third kappa shape index (κ3) is 3.04. The van der Waals surface area contributed by atoms with Gasteiger partial charge in [0.05, 0.1) is 9.92 Å². The van der Waals surface area contributed by atoms with Crippen LogP contribution >= 0.6 is 23.2 Å².